The number of unbranched alkanes of at least 4 members (excludes halogenated alkanes) is 6. The Bertz CT molecular complexity index is 2240. The maximum absolute atomic E-state index is 11.4. The molecule has 6 aromatic rings. The van der Waals surface area contributed by atoms with E-state index in [1.54, 1.807) is 28.7 Å². The van der Waals surface area contributed by atoms with E-state index in [1.807, 2.05) is 30.3 Å². The van der Waals surface area contributed by atoms with Crippen molar-refractivity contribution in [3.63, 3.8) is 0 Å². The Kier molecular flexibility index (Phi) is 13.5. The molecule has 0 saturated carbocycles. The van der Waals surface area contributed by atoms with Crippen molar-refractivity contribution in [1.29, 1.82) is 5.26 Å². The fraction of sp³-hybridized carbons (Fsp3) is 0.304. The Hall–Kier alpha value is -5.28. The third kappa shape index (κ3) is 9.65. The Labute approximate surface area is 346 Å². The quantitative estimate of drug-likeness (QED) is 0.0490. The van der Waals surface area contributed by atoms with Gasteiger partial charge in [0, 0.05) is 31.3 Å². The van der Waals surface area contributed by atoms with Crippen LogP contribution < -0.4 is 23.8 Å². The van der Waals surface area contributed by atoms with Gasteiger partial charge in [-0.2, -0.15) is 5.26 Å². The first-order valence-electron chi connectivity index (χ1n) is 19.6. The first kappa shape index (κ1) is 39.9. The lowest BCUT2D eigenvalue weighted by Gasteiger charge is -2.26. The standard InChI is InChI=1S/C46H46N2O6S3/c1-3-5-7-9-23-51-36-19-15-34(16-20-36)48(35-17-21-37(22-18-35)52-24-10-8-6-4-2)33-13-11-31(12-14-33)44-42-43(54-26-25-53-42)45(57-44)41-29-40-39(56-41)28-38(55-40)27-32(30-47)46(49)50/h11-22,27-29H,3-10,23-26H2,1-2H3,(H,49,50)/b32-27-. The fourth-order valence-corrected chi connectivity index (χ4v) is 10.3. The molecule has 1 N–H and O–H groups in total. The third-order valence-corrected chi connectivity index (χ3v) is 13.2. The number of ether oxygens (including phenoxy) is 4. The molecule has 0 atom stereocenters. The molecule has 3 aromatic heterocycles. The maximum Gasteiger partial charge on any atom is 0.346 e. The van der Waals surface area contributed by atoms with Gasteiger partial charge < -0.3 is 29.0 Å². The van der Waals surface area contributed by atoms with Crippen molar-refractivity contribution in [1.82, 2.24) is 0 Å². The van der Waals surface area contributed by atoms with Gasteiger partial charge in [0.1, 0.15) is 36.4 Å². The highest BCUT2D eigenvalue weighted by Gasteiger charge is 2.28. The molecule has 0 saturated heterocycles. The van der Waals surface area contributed by atoms with Crippen LogP contribution in [0.5, 0.6) is 23.0 Å². The van der Waals surface area contributed by atoms with Gasteiger partial charge >= 0.3 is 5.97 Å². The lowest BCUT2D eigenvalue weighted by molar-refractivity contribution is -0.132. The number of carboxylic acids is 1. The molecule has 0 aliphatic carbocycles. The van der Waals surface area contributed by atoms with Crippen molar-refractivity contribution in [2.45, 2.75) is 65.2 Å². The normalized spacial score (nSPS) is 12.4. The van der Waals surface area contributed by atoms with Crippen molar-refractivity contribution in [2.75, 3.05) is 31.3 Å². The van der Waals surface area contributed by atoms with Crippen LogP contribution in [-0.4, -0.2) is 37.5 Å². The average Bonchev–Trinajstić information content (AvgIpc) is 3.93. The Morgan fingerprint density at radius 3 is 1.75 bits per heavy atom. The van der Waals surface area contributed by atoms with Crippen LogP contribution in [0.4, 0.5) is 17.1 Å². The number of rotatable bonds is 19. The molecule has 7 rings (SSSR count). The second-order valence-electron chi connectivity index (χ2n) is 13.8. The van der Waals surface area contributed by atoms with Crippen LogP contribution in [0, 0.1) is 11.3 Å². The van der Waals surface area contributed by atoms with Crippen molar-refractivity contribution >= 4 is 72.5 Å². The van der Waals surface area contributed by atoms with Crippen LogP contribution in [0.3, 0.4) is 0 Å². The number of thiophene rings is 3. The molecule has 0 amide bonds. The van der Waals surface area contributed by atoms with Crippen LogP contribution in [0.25, 0.3) is 35.7 Å². The van der Waals surface area contributed by atoms with E-state index in [0.717, 1.165) is 101 Å². The molecule has 57 heavy (non-hydrogen) atoms. The number of anilines is 3. The smallest absolute Gasteiger partial charge is 0.346 e. The topological polar surface area (TPSA) is 101 Å². The number of fused-ring (bicyclic) bond motifs is 2. The van der Waals surface area contributed by atoms with Gasteiger partial charge in [0.25, 0.3) is 0 Å². The number of nitrogens with zero attached hydrogens (tertiary/aromatic N) is 2. The van der Waals surface area contributed by atoms with Crippen LogP contribution >= 0.6 is 34.0 Å². The Balaban J connectivity index is 1.16. The summed E-state index contributed by atoms with van der Waals surface area (Å²) in [5.74, 6) is 2.01. The van der Waals surface area contributed by atoms with E-state index in [9.17, 15) is 15.2 Å². The predicted molar refractivity (Wildman–Crippen MR) is 235 cm³/mol. The highest BCUT2D eigenvalue weighted by atomic mass is 32.1. The second kappa shape index (κ2) is 19.2. The van der Waals surface area contributed by atoms with Crippen LogP contribution in [0.15, 0.2) is 90.5 Å². The average molecular weight is 819 g/mol. The largest absolute Gasteiger partial charge is 0.494 e. The van der Waals surface area contributed by atoms with Gasteiger partial charge in [0.15, 0.2) is 11.5 Å². The number of aliphatic carboxylic acids is 1. The van der Waals surface area contributed by atoms with Gasteiger partial charge in [-0.3, -0.25) is 0 Å². The van der Waals surface area contributed by atoms with Crippen molar-refractivity contribution in [3.05, 3.63) is 95.4 Å². The summed E-state index contributed by atoms with van der Waals surface area (Å²) in [6, 6.07) is 31.0. The minimum atomic E-state index is -1.23. The van der Waals surface area contributed by atoms with E-state index in [1.165, 1.54) is 55.9 Å². The number of hydrogen-bond donors (Lipinski definition) is 1. The summed E-state index contributed by atoms with van der Waals surface area (Å²) in [6.07, 6.45) is 10.8. The van der Waals surface area contributed by atoms with E-state index in [2.05, 4.69) is 73.3 Å². The summed E-state index contributed by atoms with van der Waals surface area (Å²) in [6.45, 7) is 6.81. The second-order valence-corrected chi connectivity index (χ2v) is 17.0. The highest BCUT2D eigenvalue weighted by molar-refractivity contribution is 7.32. The first-order valence-corrected chi connectivity index (χ1v) is 22.1. The SMILES string of the molecule is CCCCCCOc1ccc(N(c2ccc(OCCCCCC)cc2)c2ccc(-c3sc(-c4cc5sc(/C=C(/C#N)C(=O)O)cc5s4)c4c3OCCO4)cc2)cc1. The van der Waals surface area contributed by atoms with E-state index < -0.39 is 5.97 Å². The summed E-state index contributed by atoms with van der Waals surface area (Å²) < 4.78 is 26.7. The lowest BCUT2D eigenvalue weighted by atomic mass is 10.1. The Morgan fingerprint density at radius 2 is 1.25 bits per heavy atom. The molecule has 11 heteroatoms. The van der Waals surface area contributed by atoms with Crippen molar-refractivity contribution in [3.8, 4) is 49.3 Å². The predicted octanol–water partition coefficient (Wildman–Crippen LogP) is 13.5. The van der Waals surface area contributed by atoms with Crippen molar-refractivity contribution in [2.24, 2.45) is 0 Å². The van der Waals surface area contributed by atoms with Crippen LogP contribution in [-0.2, 0) is 4.79 Å². The molecule has 0 bridgehead atoms. The minimum absolute atomic E-state index is 0.284. The zero-order valence-electron chi connectivity index (χ0n) is 32.3. The minimum Gasteiger partial charge on any atom is -0.494 e. The summed E-state index contributed by atoms with van der Waals surface area (Å²) in [5.41, 5.74) is 3.79. The molecule has 1 aliphatic rings. The molecule has 0 spiro atoms. The molecular formula is C46H46N2O6S3. The van der Waals surface area contributed by atoms with Gasteiger partial charge in [-0.15, -0.1) is 34.0 Å². The van der Waals surface area contributed by atoms with Gasteiger partial charge in [-0.25, -0.2) is 4.79 Å². The summed E-state index contributed by atoms with van der Waals surface area (Å²) in [5, 5.41) is 18.5. The fourth-order valence-electron chi connectivity index (χ4n) is 6.65. The zero-order chi connectivity index (χ0) is 39.6. The molecule has 294 valence electrons. The van der Waals surface area contributed by atoms with Gasteiger partial charge in [-0.1, -0.05) is 64.5 Å². The maximum atomic E-state index is 11.4. The molecular weight excluding hydrogens is 773 g/mol. The number of carbonyl (C=O) groups is 1. The summed E-state index contributed by atoms with van der Waals surface area (Å²) in [7, 11) is 0. The van der Waals surface area contributed by atoms with Crippen LogP contribution in [0.1, 0.15) is 70.1 Å². The monoisotopic (exact) mass is 818 g/mol. The van der Waals surface area contributed by atoms with E-state index in [0.29, 0.717) is 13.2 Å². The molecule has 4 heterocycles. The molecule has 8 nitrogen and oxygen atoms in total. The highest BCUT2D eigenvalue weighted by Crippen LogP contribution is 2.56. The number of carboxylic acid groups (broad SMARTS) is 1. The van der Waals surface area contributed by atoms with E-state index in [4.69, 9.17) is 18.9 Å². The van der Waals surface area contributed by atoms with E-state index in [-0.39, 0.29) is 5.57 Å². The number of hydrogen-bond acceptors (Lipinski definition) is 10. The Morgan fingerprint density at radius 1 is 0.719 bits per heavy atom. The number of benzene rings is 3. The molecule has 3 aromatic carbocycles. The molecule has 1 aliphatic heterocycles. The lowest BCUT2D eigenvalue weighted by Crippen LogP contribution is -2.14. The molecule has 0 radical (unpaired) electrons. The van der Waals surface area contributed by atoms with Gasteiger partial charge in [0.2, 0.25) is 0 Å². The van der Waals surface area contributed by atoms with Gasteiger partial charge in [0.05, 0.1) is 27.8 Å². The van der Waals surface area contributed by atoms with Gasteiger partial charge in [-0.05, 0) is 97.3 Å². The summed E-state index contributed by atoms with van der Waals surface area (Å²) >= 11 is 4.72. The molecule has 0 unspecified atom stereocenters. The number of nitriles is 1. The zero-order valence-corrected chi connectivity index (χ0v) is 34.7. The van der Waals surface area contributed by atoms with Crippen molar-refractivity contribution < 1.29 is 28.8 Å². The molecule has 0 fully saturated rings. The summed E-state index contributed by atoms with van der Waals surface area (Å²) in [4.78, 5) is 17.4. The first-order chi connectivity index (χ1) is 27.9. The third-order valence-electron chi connectivity index (χ3n) is 9.60. The van der Waals surface area contributed by atoms with Crippen LogP contribution in [0.2, 0.25) is 0 Å². The van der Waals surface area contributed by atoms with E-state index >= 15 is 0 Å².